The monoisotopic (exact) mass is 419 g/mol. The molecule has 1 aromatic rings. The Bertz CT molecular complexity index is 742. The zero-order valence-electron chi connectivity index (χ0n) is 17.4. The average Bonchev–Trinajstić information content (AvgIpc) is 3.17. The Balaban J connectivity index is 1.43. The lowest BCUT2D eigenvalue weighted by Crippen LogP contribution is -2.46. The van der Waals surface area contributed by atoms with Crippen LogP contribution in [0.1, 0.15) is 50.0 Å². The van der Waals surface area contributed by atoms with Crippen LogP contribution in [0.3, 0.4) is 0 Å². The third-order valence-electron chi connectivity index (χ3n) is 6.31. The summed E-state index contributed by atoms with van der Waals surface area (Å²) in [7, 11) is 2.55. The van der Waals surface area contributed by atoms with Gasteiger partial charge in [0.1, 0.15) is 5.92 Å². The fourth-order valence-electron chi connectivity index (χ4n) is 4.80. The highest BCUT2D eigenvalue weighted by Gasteiger charge is 2.55. The minimum atomic E-state index is -1.09. The van der Waals surface area contributed by atoms with Gasteiger partial charge >= 0.3 is 11.9 Å². The largest absolute Gasteiger partial charge is 0.469 e. The standard InChI is InChI=1S/C22H29NO7/c1-26-21(24)19-16-12-13-18(29-23(16)30-20(19)22(25)27-2)28-17-11-7-6-10-15(17)14-8-4-3-5-9-14/h3-5,8-9,15-20H,6-7,10-13H2,1-2H3/t15-,16-,17+,18-,19+,20+/m1/s1. The molecule has 3 fully saturated rings. The van der Waals surface area contributed by atoms with Crippen LogP contribution in [-0.2, 0) is 33.5 Å². The van der Waals surface area contributed by atoms with E-state index in [4.69, 9.17) is 23.9 Å². The third kappa shape index (κ3) is 4.23. The first-order valence-electron chi connectivity index (χ1n) is 10.6. The SMILES string of the molecule is COC(=O)[C@@H]1[C@@H](C(=O)OC)ON2O[C@@H](O[C@H]3CCCC[C@@H]3c3ccccc3)CC[C@H]12. The molecule has 0 radical (unpaired) electrons. The van der Waals surface area contributed by atoms with Crippen molar-refractivity contribution in [2.24, 2.45) is 5.92 Å². The van der Waals surface area contributed by atoms with Crippen molar-refractivity contribution >= 4 is 11.9 Å². The molecule has 4 rings (SSSR count). The molecule has 0 amide bonds. The van der Waals surface area contributed by atoms with Crippen molar-refractivity contribution < 1.29 is 33.5 Å². The molecule has 0 N–H and O–H groups in total. The first-order valence-corrected chi connectivity index (χ1v) is 10.6. The van der Waals surface area contributed by atoms with E-state index >= 15 is 0 Å². The number of carbonyl (C=O) groups excluding carboxylic acids is 2. The summed E-state index contributed by atoms with van der Waals surface area (Å²) in [5.74, 6) is -1.61. The zero-order chi connectivity index (χ0) is 21.1. The van der Waals surface area contributed by atoms with E-state index < -0.39 is 36.3 Å². The topological polar surface area (TPSA) is 83.5 Å². The van der Waals surface area contributed by atoms with Crippen LogP contribution in [0.4, 0.5) is 0 Å². The first-order chi connectivity index (χ1) is 14.6. The van der Waals surface area contributed by atoms with E-state index in [9.17, 15) is 9.59 Å². The number of benzene rings is 1. The number of fused-ring (bicyclic) bond motifs is 1. The van der Waals surface area contributed by atoms with Crippen molar-refractivity contribution in [3.05, 3.63) is 35.9 Å². The van der Waals surface area contributed by atoms with E-state index in [0.29, 0.717) is 18.8 Å². The predicted molar refractivity (Wildman–Crippen MR) is 105 cm³/mol. The van der Waals surface area contributed by atoms with Crippen LogP contribution in [0.15, 0.2) is 30.3 Å². The number of hydroxylamine groups is 2. The molecule has 8 heteroatoms. The van der Waals surface area contributed by atoms with E-state index in [0.717, 1.165) is 19.3 Å². The zero-order valence-corrected chi connectivity index (χ0v) is 17.4. The molecule has 3 aliphatic rings. The van der Waals surface area contributed by atoms with Crippen LogP contribution in [-0.4, -0.2) is 55.9 Å². The van der Waals surface area contributed by atoms with Crippen molar-refractivity contribution in [3.63, 3.8) is 0 Å². The van der Waals surface area contributed by atoms with Gasteiger partial charge < -0.3 is 14.2 Å². The summed E-state index contributed by atoms with van der Waals surface area (Å²) in [6, 6.07) is 10.0. The Kier molecular flexibility index (Phi) is 6.67. The summed E-state index contributed by atoms with van der Waals surface area (Å²) >= 11 is 0. The third-order valence-corrected chi connectivity index (χ3v) is 6.31. The molecule has 164 valence electrons. The fourth-order valence-corrected chi connectivity index (χ4v) is 4.80. The lowest BCUT2D eigenvalue weighted by molar-refractivity contribution is -0.438. The highest BCUT2D eigenvalue weighted by molar-refractivity contribution is 5.84. The normalized spacial score (nSPS) is 34.2. The van der Waals surface area contributed by atoms with Crippen LogP contribution in [0.2, 0.25) is 0 Å². The van der Waals surface area contributed by atoms with Gasteiger partial charge in [-0.3, -0.25) is 9.63 Å². The smallest absolute Gasteiger partial charge is 0.338 e. The Labute approximate surface area is 176 Å². The fraction of sp³-hybridized carbons (Fsp3) is 0.636. The number of carbonyl (C=O) groups is 2. The van der Waals surface area contributed by atoms with Gasteiger partial charge in [0.2, 0.25) is 0 Å². The average molecular weight is 419 g/mol. The quantitative estimate of drug-likeness (QED) is 0.674. The maximum atomic E-state index is 12.3. The van der Waals surface area contributed by atoms with Gasteiger partial charge in [-0.15, -0.1) is 0 Å². The second-order valence-corrected chi connectivity index (χ2v) is 8.04. The molecule has 0 aromatic heterocycles. The van der Waals surface area contributed by atoms with Crippen molar-refractivity contribution in [1.29, 1.82) is 0 Å². The van der Waals surface area contributed by atoms with Crippen LogP contribution in [0.5, 0.6) is 0 Å². The molecule has 1 aromatic carbocycles. The molecule has 1 aliphatic carbocycles. The molecule has 6 atom stereocenters. The number of rotatable bonds is 5. The lowest BCUT2D eigenvalue weighted by atomic mass is 9.81. The Hall–Kier alpha value is -2.00. The Morgan fingerprint density at radius 2 is 1.67 bits per heavy atom. The Morgan fingerprint density at radius 3 is 2.40 bits per heavy atom. The van der Waals surface area contributed by atoms with Gasteiger partial charge in [-0.1, -0.05) is 48.4 Å². The predicted octanol–water partition coefficient (Wildman–Crippen LogP) is 2.73. The number of hydrogen-bond acceptors (Lipinski definition) is 8. The minimum Gasteiger partial charge on any atom is -0.469 e. The van der Waals surface area contributed by atoms with Gasteiger partial charge in [0.05, 0.1) is 26.4 Å². The van der Waals surface area contributed by atoms with Gasteiger partial charge in [0, 0.05) is 12.3 Å². The van der Waals surface area contributed by atoms with E-state index in [1.165, 1.54) is 31.4 Å². The summed E-state index contributed by atoms with van der Waals surface area (Å²) in [6.45, 7) is 0. The van der Waals surface area contributed by atoms with Crippen molar-refractivity contribution in [3.8, 4) is 0 Å². The van der Waals surface area contributed by atoms with E-state index in [1.54, 1.807) is 0 Å². The molecule has 2 heterocycles. The second-order valence-electron chi connectivity index (χ2n) is 8.04. The highest BCUT2D eigenvalue weighted by atomic mass is 17.0. The van der Waals surface area contributed by atoms with Gasteiger partial charge in [-0.05, 0) is 24.8 Å². The van der Waals surface area contributed by atoms with Crippen LogP contribution < -0.4 is 0 Å². The number of ether oxygens (including phenoxy) is 3. The highest BCUT2D eigenvalue weighted by Crippen LogP contribution is 2.40. The molecule has 0 unspecified atom stereocenters. The van der Waals surface area contributed by atoms with E-state index in [1.807, 2.05) is 6.07 Å². The maximum absolute atomic E-state index is 12.3. The summed E-state index contributed by atoms with van der Waals surface area (Å²) in [5.41, 5.74) is 1.28. The van der Waals surface area contributed by atoms with Crippen LogP contribution >= 0.6 is 0 Å². The van der Waals surface area contributed by atoms with Crippen molar-refractivity contribution in [2.45, 2.75) is 69.0 Å². The second kappa shape index (κ2) is 9.43. The number of hydrogen-bond donors (Lipinski definition) is 0. The molecule has 30 heavy (non-hydrogen) atoms. The molecular formula is C22H29NO7. The summed E-state index contributed by atoms with van der Waals surface area (Å²) in [4.78, 5) is 36.0. The summed E-state index contributed by atoms with van der Waals surface area (Å²) < 4.78 is 16.0. The maximum Gasteiger partial charge on any atom is 0.338 e. The van der Waals surface area contributed by atoms with Gasteiger partial charge in [0.15, 0.2) is 12.4 Å². The molecule has 0 spiro atoms. The number of nitrogens with zero attached hydrogens (tertiary/aromatic N) is 1. The Morgan fingerprint density at radius 1 is 0.933 bits per heavy atom. The molecule has 2 aliphatic heterocycles. The van der Waals surface area contributed by atoms with E-state index in [2.05, 4.69) is 24.3 Å². The summed E-state index contributed by atoms with van der Waals surface area (Å²) in [5, 5.41) is 1.25. The summed E-state index contributed by atoms with van der Waals surface area (Å²) in [6.07, 6.45) is 4.02. The van der Waals surface area contributed by atoms with Crippen LogP contribution in [0.25, 0.3) is 0 Å². The van der Waals surface area contributed by atoms with Gasteiger partial charge in [-0.25, -0.2) is 9.63 Å². The molecule has 0 bridgehead atoms. The van der Waals surface area contributed by atoms with E-state index in [-0.39, 0.29) is 6.10 Å². The van der Waals surface area contributed by atoms with Gasteiger partial charge in [0.25, 0.3) is 0 Å². The minimum absolute atomic E-state index is 0.0538. The van der Waals surface area contributed by atoms with Gasteiger partial charge in [-0.2, -0.15) is 0 Å². The number of methoxy groups -OCH3 is 2. The van der Waals surface area contributed by atoms with Crippen LogP contribution in [0, 0.1) is 5.92 Å². The van der Waals surface area contributed by atoms with Crippen molar-refractivity contribution in [2.75, 3.05) is 14.2 Å². The molecule has 2 saturated heterocycles. The molecule has 1 saturated carbocycles. The van der Waals surface area contributed by atoms with Crippen molar-refractivity contribution in [1.82, 2.24) is 5.23 Å². The lowest BCUT2D eigenvalue weighted by Gasteiger charge is -2.38. The molecule has 8 nitrogen and oxygen atoms in total. The number of esters is 2. The first kappa shape index (κ1) is 21.2. The molecular weight excluding hydrogens is 390 g/mol.